The molecule has 1 saturated carbocycles. The Bertz CT molecular complexity index is 520. The third kappa shape index (κ3) is 2.71. The second-order valence-corrected chi connectivity index (χ2v) is 6.71. The van der Waals surface area contributed by atoms with Gasteiger partial charge in [-0.25, -0.2) is 0 Å². The Kier molecular flexibility index (Phi) is 4.03. The van der Waals surface area contributed by atoms with Crippen LogP contribution in [0.2, 0.25) is 0 Å². The Balaban J connectivity index is 1.77. The van der Waals surface area contributed by atoms with Crippen molar-refractivity contribution >= 4 is 5.91 Å². The predicted molar refractivity (Wildman–Crippen MR) is 85.3 cm³/mol. The Labute approximate surface area is 127 Å². The number of benzene rings is 1. The second kappa shape index (κ2) is 5.80. The van der Waals surface area contributed by atoms with Crippen molar-refractivity contribution in [2.45, 2.75) is 38.0 Å². The first-order valence-electron chi connectivity index (χ1n) is 8.17. The van der Waals surface area contributed by atoms with Crippen molar-refractivity contribution in [3.8, 4) is 0 Å². The summed E-state index contributed by atoms with van der Waals surface area (Å²) < 4.78 is 0. The van der Waals surface area contributed by atoms with Crippen LogP contribution in [-0.2, 0) is 10.2 Å². The van der Waals surface area contributed by atoms with Gasteiger partial charge in [0.25, 0.3) is 0 Å². The standard InChI is InChI=1S/C18H26N2O/c1-14-6-3-4-8-16(14)18(9-10-18)17(21)20-11-5-7-15(13-20)12-19-2/h3-4,6,8,15,19H,5,7,9-13H2,1-2H3/t15-/m0/s1. The van der Waals surface area contributed by atoms with E-state index in [9.17, 15) is 4.79 Å². The molecule has 1 atom stereocenters. The smallest absolute Gasteiger partial charge is 0.233 e. The highest BCUT2D eigenvalue weighted by molar-refractivity contribution is 5.91. The highest BCUT2D eigenvalue weighted by Gasteiger charge is 2.53. The zero-order chi connectivity index (χ0) is 14.9. The number of hydrogen-bond acceptors (Lipinski definition) is 2. The van der Waals surface area contributed by atoms with Crippen molar-refractivity contribution in [1.82, 2.24) is 10.2 Å². The number of aryl methyl sites for hydroxylation is 1. The molecule has 1 amide bonds. The number of nitrogens with one attached hydrogen (secondary N) is 1. The number of carbonyl (C=O) groups excluding carboxylic acids is 1. The van der Waals surface area contributed by atoms with E-state index in [0.29, 0.717) is 11.8 Å². The Morgan fingerprint density at radius 3 is 2.81 bits per heavy atom. The first-order valence-corrected chi connectivity index (χ1v) is 8.17. The lowest BCUT2D eigenvalue weighted by molar-refractivity contribution is -0.135. The summed E-state index contributed by atoms with van der Waals surface area (Å²) in [6, 6.07) is 8.40. The van der Waals surface area contributed by atoms with E-state index in [0.717, 1.165) is 38.9 Å². The largest absolute Gasteiger partial charge is 0.342 e. The van der Waals surface area contributed by atoms with Crippen molar-refractivity contribution in [2.24, 2.45) is 5.92 Å². The zero-order valence-electron chi connectivity index (χ0n) is 13.2. The molecule has 2 aliphatic rings. The lowest BCUT2D eigenvalue weighted by atomic mass is 9.89. The molecule has 1 heterocycles. The van der Waals surface area contributed by atoms with Gasteiger partial charge in [-0.15, -0.1) is 0 Å². The number of carbonyl (C=O) groups is 1. The van der Waals surface area contributed by atoms with Crippen molar-refractivity contribution in [3.63, 3.8) is 0 Å². The average molecular weight is 286 g/mol. The summed E-state index contributed by atoms with van der Waals surface area (Å²) in [4.78, 5) is 15.2. The molecule has 0 spiro atoms. The number of hydrogen-bond donors (Lipinski definition) is 1. The highest BCUT2D eigenvalue weighted by atomic mass is 16.2. The molecule has 1 aromatic rings. The van der Waals surface area contributed by atoms with Crippen LogP contribution in [0.1, 0.15) is 36.8 Å². The topological polar surface area (TPSA) is 32.3 Å². The quantitative estimate of drug-likeness (QED) is 0.922. The lowest BCUT2D eigenvalue weighted by Gasteiger charge is -2.35. The molecule has 0 bridgehead atoms. The van der Waals surface area contributed by atoms with Crippen LogP contribution in [0.15, 0.2) is 24.3 Å². The van der Waals surface area contributed by atoms with Gasteiger partial charge >= 0.3 is 0 Å². The molecule has 114 valence electrons. The van der Waals surface area contributed by atoms with Gasteiger partial charge in [0.1, 0.15) is 0 Å². The molecule has 3 heteroatoms. The summed E-state index contributed by atoms with van der Waals surface area (Å²) in [7, 11) is 2.00. The third-order valence-electron chi connectivity index (χ3n) is 5.12. The summed E-state index contributed by atoms with van der Waals surface area (Å²) in [5.74, 6) is 0.984. The first kappa shape index (κ1) is 14.6. The molecule has 21 heavy (non-hydrogen) atoms. The first-order chi connectivity index (χ1) is 10.2. The van der Waals surface area contributed by atoms with Crippen LogP contribution in [0.3, 0.4) is 0 Å². The van der Waals surface area contributed by atoms with Crippen molar-refractivity contribution in [1.29, 1.82) is 0 Å². The van der Waals surface area contributed by atoms with Gasteiger partial charge in [-0.2, -0.15) is 0 Å². The maximum Gasteiger partial charge on any atom is 0.233 e. The molecule has 0 aromatic heterocycles. The minimum Gasteiger partial charge on any atom is -0.342 e. The molecule has 1 saturated heterocycles. The number of rotatable bonds is 4. The zero-order valence-corrected chi connectivity index (χ0v) is 13.2. The summed E-state index contributed by atoms with van der Waals surface area (Å²) in [5, 5.41) is 3.25. The highest BCUT2D eigenvalue weighted by Crippen LogP contribution is 2.51. The number of amides is 1. The Morgan fingerprint density at radius 2 is 2.14 bits per heavy atom. The normalized spacial score (nSPS) is 23.9. The van der Waals surface area contributed by atoms with Crippen LogP contribution in [0, 0.1) is 12.8 Å². The van der Waals surface area contributed by atoms with Gasteiger partial charge in [-0.3, -0.25) is 4.79 Å². The fourth-order valence-electron chi connectivity index (χ4n) is 3.84. The monoisotopic (exact) mass is 286 g/mol. The number of nitrogens with zero attached hydrogens (tertiary/aromatic N) is 1. The maximum atomic E-state index is 13.1. The van der Waals surface area contributed by atoms with E-state index >= 15 is 0 Å². The SMILES string of the molecule is CNC[C@@H]1CCCN(C(=O)C2(c3ccccc3C)CC2)C1. The van der Waals surface area contributed by atoms with Gasteiger partial charge < -0.3 is 10.2 Å². The molecule has 3 rings (SSSR count). The van der Waals surface area contributed by atoms with E-state index in [1.165, 1.54) is 17.5 Å². The molecule has 1 aliphatic carbocycles. The summed E-state index contributed by atoms with van der Waals surface area (Å²) in [6.07, 6.45) is 4.41. The van der Waals surface area contributed by atoms with Crippen molar-refractivity contribution < 1.29 is 4.79 Å². The van der Waals surface area contributed by atoms with Crippen LogP contribution in [-0.4, -0.2) is 37.5 Å². The molecular weight excluding hydrogens is 260 g/mol. The average Bonchev–Trinajstić information content (AvgIpc) is 3.29. The molecule has 2 fully saturated rings. The van der Waals surface area contributed by atoms with Crippen LogP contribution in [0.5, 0.6) is 0 Å². The van der Waals surface area contributed by atoms with Crippen LogP contribution in [0.4, 0.5) is 0 Å². The molecule has 3 nitrogen and oxygen atoms in total. The van der Waals surface area contributed by atoms with Gasteiger partial charge in [0.05, 0.1) is 5.41 Å². The van der Waals surface area contributed by atoms with Gasteiger partial charge in [0.2, 0.25) is 5.91 Å². The second-order valence-electron chi connectivity index (χ2n) is 6.71. The van der Waals surface area contributed by atoms with Gasteiger partial charge in [0, 0.05) is 13.1 Å². The van der Waals surface area contributed by atoms with E-state index < -0.39 is 0 Å². The Hall–Kier alpha value is -1.35. The fraction of sp³-hybridized carbons (Fsp3) is 0.611. The van der Waals surface area contributed by atoms with Crippen LogP contribution in [0.25, 0.3) is 0 Å². The van der Waals surface area contributed by atoms with E-state index in [1.54, 1.807) is 0 Å². The van der Waals surface area contributed by atoms with Crippen LogP contribution >= 0.6 is 0 Å². The maximum absolute atomic E-state index is 13.1. The van der Waals surface area contributed by atoms with Crippen molar-refractivity contribution in [3.05, 3.63) is 35.4 Å². The predicted octanol–water partition coefficient (Wildman–Crippen LogP) is 2.48. The fourth-order valence-corrected chi connectivity index (χ4v) is 3.84. The summed E-state index contributed by atoms with van der Waals surface area (Å²) in [6.45, 7) is 5.00. The molecule has 1 aliphatic heterocycles. The van der Waals surface area contributed by atoms with Gasteiger partial charge in [-0.1, -0.05) is 24.3 Å². The summed E-state index contributed by atoms with van der Waals surface area (Å²) in [5.41, 5.74) is 2.31. The van der Waals surface area contributed by atoms with E-state index in [-0.39, 0.29) is 5.41 Å². The van der Waals surface area contributed by atoms with E-state index in [1.807, 2.05) is 7.05 Å². The van der Waals surface area contributed by atoms with E-state index in [4.69, 9.17) is 0 Å². The minimum absolute atomic E-state index is 0.202. The number of piperidine rings is 1. The Morgan fingerprint density at radius 1 is 1.38 bits per heavy atom. The molecule has 0 unspecified atom stereocenters. The third-order valence-corrected chi connectivity index (χ3v) is 5.12. The summed E-state index contributed by atoms with van der Waals surface area (Å²) >= 11 is 0. The molecule has 1 aromatic carbocycles. The van der Waals surface area contributed by atoms with E-state index in [2.05, 4.69) is 41.4 Å². The molecular formula is C18H26N2O. The molecule has 0 radical (unpaired) electrons. The number of likely N-dealkylation sites (tertiary alicyclic amines) is 1. The minimum atomic E-state index is -0.202. The lowest BCUT2D eigenvalue weighted by Crippen LogP contribution is -2.46. The van der Waals surface area contributed by atoms with Gasteiger partial charge in [-0.05, 0) is 63.2 Å². The molecule has 1 N–H and O–H groups in total. The van der Waals surface area contributed by atoms with Crippen LogP contribution < -0.4 is 5.32 Å². The van der Waals surface area contributed by atoms with Gasteiger partial charge in [0.15, 0.2) is 0 Å². The van der Waals surface area contributed by atoms with Crippen molar-refractivity contribution in [2.75, 3.05) is 26.7 Å².